The Bertz CT molecular complexity index is 570. The molecule has 0 bridgehead atoms. The van der Waals surface area contributed by atoms with Crippen LogP contribution in [0.4, 0.5) is 10.1 Å². The minimum absolute atomic E-state index is 0.160. The van der Waals surface area contributed by atoms with Crippen LogP contribution < -0.4 is 5.32 Å². The highest BCUT2D eigenvalue weighted by atomic mass is 19.1. The molecule has 2 N–H and O–H groups in total. The summed E-state index contributed by atoms with van der Waals surface area (Å²) in [6.07, 6.45) is 0. The maximum atomic E-state index is 12.9. The van der Waals surface area contributed by atoms with Gasteiger partial charge in [0.15, 0.2) is 0 Å². The lowest BCUT2D eigenvalue weighted by atomic mass is 10.2. The second-order valence-corrected chi connectivity index (χ2v) is 4.23. The zero-order chi connectivity index (χ0) is 13.1. The molecule has 0 aliphatic carbocycles. The fourth-order valence-electron chi connectivity index (χ4n) is 1.74. The Hall–Kier alpha value is -2.10. The van der Waals surface area contributed by atoms with E-state index in [2.05, 4.69) is 10.3 Å². The van der Waals surface area contributed by atoms with Crippen LogP contribution in [-0.4, -0.2) is 10.1 Å². The predicted octanol–water partition coefficient (Wildman–Crippen LogP) is 3.16. The van der Waals surface area contributed by atoms with Gasteiger partial charge < -0.3 is 10.4 Å². The van der Waals surface area contributed by atoms with Gasteiger partial charge >= 0.3 is 0 Å². The van der Waals surface area contributed by atoms with Crippen LogP contribution in [0.3, 0.4) is 0 Å². The summed E-state index contributed by atoms with van der Waals surface area (Å²) < 4.78 is 12.9. The summed E-state index contributed by atoms with van der Waals surface area (Å²) in [7, 11) is 0. The fourth-order valence-corrected chi connectivity index (χ4v) is 1.74. The average Bonchev–Trinajstić information content (AvgIpc) is 2.32. The summed E-state index contributed by atoms with van der Waals surface area (Å²) >= 11 is 0. The second-order valence-electron chi connectivity index (χ2n) is 4.23. The molecular formula is C14H15FN2O. The normalized spacial score (nSPS) is 10.4. The SMILES string of the molecule is Cc1ccc(O)c(CNc2ccc(F)cc2C)n1. The maximum Gasteiger partial charge on any atom is 0.138 e. The number of hydrogen-bond acceptors (Lipinski definition) is 3. The van der Waals surface area contributed by atoms with Crippen molar-refractivity contribution < 1.29 is 9.50 Å². The zero-order valence-electron chi connectivity index (χ0n) is 10.4. The van der Waals surface area contributed by atoms with Gasteiger partial charge in [-0.2, -0.15) is 0 Å². The average molecular weight is 246 g/mol. The third-order valence-corrected chi connectivity index (χ3v) is 2.72. The van der Waals surface area contributed by atoms with E-state index < -0.39 is 0 Å². The molecule has 3 nitrogen and oxygen atoms in total. The molecule has 2 aromatic rings. The molecule has 0 aliphatic rings. The molecule has 0 spiro atoms. The molecule has 0 amide bonds. The van der Waals surface area contributed by atoms with Gasteiger partial charge in [0.1, 0.15) is 17.3 Å². The molecule has 0 atom stereocenters. The number of hydrogen-bond donors (Lipinski definition) is 2. The molecule has 0 aliphatic heterocycles. The van der Waals surface area contributed by atoms with E-state index in [1.165, 1.54) is 12.1 Å². The monoisotopic (exact) mass is 246 g/mol. The van der Waals surface area contributed by atoms with Crippen LogP contribution in [0, 0.1) is 19.7 Å². The maximum absolute atomic E-state index is 12.9. The van der Waals surface area contributed by atoms with E-state index in [0.717, 1.165) is 16.9 Å². The Kier molecular flexibility index (Phi) is 3.46. The van der Waals surface area contributed by atoms with E-state index in [9.17, 15) is 9.50 Å². The second kappa shape index (κ2) is 5.04. The lowest BCUT2D eigenvalue weighted by Crippen LogP contribution is -2.04. The summed E-state index contributed by atoms with van der Waals surface area (Å²) in [5, 5.41) is 12.8. The highest BCUT2D eigenvalue weighted by Crippen LogP contribution is 2.19. The van der Waals surface area contributed by atoms with Gasteiger partial charge in [0, 0.05) is 11.4 Å². The molecule has 2 rings (SSSR count). The number of aromatic nitrogens is 1. The van der Waals surface area contributed by atoms with Gasteiger partial charge in [0.2, 0.25) is 0 Å². The number of rotatable bonds is 3. The first-order chi connectivity index (χ1) is 8.56. The number of benzene rings is 1. The molecule has 1 heterocycles. The molecule has 0 saturated heterocycles. The summed E-state index contributed by atoms with van der Waals surface area (Å²) in [4.78, 5) is 4.25. The van der Waals surface area contributed by atoms with E-state index >= 15 is 0 Å². The molecule has 4 heteroatoms. The van der Waals surface area contributed by atoms with E-state index in [0.29, 0.717) is 12.2 Å². The Morgan fingerprint density at radius 1 is 1.22 bits per heavy atom. The highest BCUT2D eigenvalue weighted by molar-refractivity contribution is 5.51. The molecular weight excluding hydrogens is 231 g/mol. The number of pyridine rings is 1. The topological polar surface area (TPSA) is 45.1 Å². The summed E-state index contributed by atoms with van der Waals surface area (Å²) in [5.41, 5.74) is 3.08. The smallest absolute Gasteiger partial charge is 0.138 e. The Balaban J connectivity index is 2.13. The van der Waals surface area contributed by atoms with Gasteiger partial charge in [-0.05, 0) is 49.7 Å². The van der Waals surface area contributed by atoms with Crippen LogP contribution in [0.25, 0.3) is 0 Å². The molecule has 1 aromatic carbocycles. The number of aromatic hydroxyl groups is 1. The zero-order valence-corrected chi connectivity index (χ0v) is 10.4. The number of anilines is 1. The standard InChI is InChI=1S/C14H15FN2O/c1-9-7-11(15)4-5-12(9)16-8-13-14(18)6-3-10(2)17-13/h3-7,16,18H,8H2,1-2H3. The van der Waals surface area contributed by atoms with Gasteiger partial charge in [-0.3, -0.25) is 4.98 Å². The van der Waals surface area contributed by atoms with Gasteiger partial charge in [0.05, 0.1) is 6.54 Å². The number of aryl methyl sites for hydroxylation is 2. The van der Waals surface area contributed by atoms with Gasteiger partial charge in [-0.15, -0.1) is 0 Å². The van der Waals surface area contributed by atoms with Crippen molar-refractivity contribution >= 4 is 5.69 Å². The quantitative estimate of drug-likeness (QED) is 0.874. The van der Waals surface area contributed by atoms with Crippen LogP contribution in [0.15, 0.2) is 30.3 Å². The molecule has 0 fully saturated rings. The summed E-state index contributed by atoms with van der Waals surface area (Å²) in [5.74, 6) is -0.0950. The van der Waals surface area contributed by atoms with E-state index in [4.69, 9.17) is 0 Å². The lowest BCUT2D eigenvalue weighted by molar-refractivity contribution is 0.464. The van der Waals surface area contributed by atoms with Crippen molar-refractivity contribution in [3.05, 3.63) is 53.1 Å². The summed E-state index contributed by atoms with van der Waals surface area (Å²) in [6.45, 7) is 4.10. The Morgan fingerprint density at radius 2 is 2.00 bits per heavy atom. The fraction of sp³-hybridized carbons (Fsp3) is 0.214. The van der Waals surface area contributed by atoms with Crippen molar-refractivity contribution in [3.8, 4) is 5.75 Å². The summed E-state index contributed by atoms with van der Waals surface area (Å²) in [6, 6.07) is 7.92. The van der Waals surface area contributed by atoms with Crippen LogP contribution in [0.5, 0.6) is 5.75 Å². The van der Waals surface area contributed by atoms with Crippen molar-refractivity contribution in [2.45, 2.75) is 20.4 Å². The predicted molar refractivity (Wildman–Crippen MR) is 69.1 cm³/mol. The van der Waals surface area contributed by atoms with Crippen LogP contribution in [0.2, 0.25) is 0 Å². The van der Waals surface area contributed by atoms with Crippen molar-refractivity contribution in [3.63, 3.8) is 0 Å². The largest absolute Gasteiger partial charge is 0.506 e. The number of nitrogens with zero attached hydrogens (tertiary/aromatic N) is 1. The molecule has 1 aromatic heterocycles. The van der Waals surface area contributed by atoms with Gasteiger partial charge in [-0.25, -0.2) is 4.39 Å². The molecule has 0 saturated carbocycles. The van der Waals surface area contributed by atoms with Gasteiger partial charge in [0.25, 0.3) is 0 Å². The van der Waals surface area contributed by atoms with E-state index in [-0.39, 0.29) is 11.6 Å². The first-order valence-corrected chi connectivity index (χ1v) is 5.72. The first-order valence-electron chi connectivity index (χ1n) is 5.72. The van der Waals surface area contributed by atoms with Crippen LogP contribution >= 0.6 is 0 Å². The molecule has 18 heavy (non-hydrogen) atoms. The van der Waals surface area contributed by atoms with Crippen molar-refractivity contribution in [2.75, 3.05) is 5.32 Å². The number of halogens is 1. The third-order valence-electron chi connectivity index (χ3n) is 2.72. The van der Waals surface area contributed by atoms with Crippen molar-refractivity contribution in [2.24, 2.45) is 0 Å². The molecule has 0 radical (unpaired) electrons. The van der Waals surface area contributed by atoms with E-state index in [1.807, 2.05) is 13.8 Å². The van der Waals surface area contributed by atoms with Crippen LogP contribution in [0.1, 0.15) is 17.0 Å². The van der Waals surface area contributed by atoms with Crippen LogP contribution in [-0.2, 0) is 6.54 Å². The minimum Gasteiger partial charge on any atom is -0.506 e. The Morgan fingerprint density at radius 3 is 2.72 bits per heavy atom. The van der Waals surface area contributed by atoms with Crippen molar-refractivity contribution in [1.82, 2.24) is 4.98 Å². The number of nitrogens with one attached hydrogen (secondary N) is 1. The Labute approximate surface area is 105 Å². The minimum atomic E-state index is -0.255. The highest BCUT2D eigenvalue weighted by Gasteiger charge is 2.04. The molecule has 0 unspecified atom stereocenters. The molecule has 94 valence electrons. The third kappa shape index (κ3) is 2.77. The first kappa shape index (κ1) is 12.4. The van der Waals surface area contributed by atoms with E-state index in [1.54, 1.807) is 18.2 Å². The lowest BCUT2D eigenvalue weighted by Gasteiger charge is -2.10. The van der Waals surface area contributed by atoms with Crippen molar-refractivity contribution in [1.29, 1.82) is 0 Å². The van der Waals surface area contributed by atoms with Gasteiger partial charge in [-0.1, -0.05) is 0 Å².